The SMILES string of the molecule is CC(C)COc1ccc(-c2nc(=S)[nH][nH]2)cc1[N+](=O)[O-]. The smallest absolute Gasteiger partial charge is 0.311 e. The number of nitrogens with one attached hydrogen (secondary N) is 2. The first-order valence-corrected chi connectivity index (χ1v) is 6.44. The highest BCUT2D eigenvalue weighted by molar-refractivity contribution is 7.71. The van der Waals surface area contributed by atoms with Gasteiger partial charge < -0.3 is 4.74 Å². The van der Waals surface area contributed by atoms with Crippen molar-refractivity contribution < 1.29 is 9.66 Å². The number of nitro groups is 1. The molecule has 2 aromatic rings. The third kappa shape index (κ3) is 3.21. The first-order chi connectivity index (χ1) is 9.47. The maximum Gasteiger partial charge on any atom is 0.311 e. The standard InChI is InChI=1S/C12H14N4O3S/c1-7(2)6-19-10-4-3-8(5-9(10)16(17)18)11-13-12(20)15-14-11/h3-5,7H,6H2,1-2H3,(H2,13,14,15,20). The van der Waals surface area contributed by atoms with Crippen LogP contribution in [-0.2, 0) is 0 Å². The number of rotatable bonds is 5. The van der Waals surface area contributed by atoms with Crippen LogP contribution in [0.1, 0.15) is 13.8 Å². The lowest BCUT2D eigenvalue weighted by Crippen LogP contribution is -2.06. The molecule has 0 amide bonds. The third-order valence-corrected chi connectivity index (χ3v) is 2.70. The first-order valence-electron chi connectivity index (χ1n) is 6.03. The number of benzene rings is 1. The average Bonchev–Trinajstić information content (AvgIpc) is 2.82. The summed E-state index contributed by atoms with van der Waals surface area (Å²) >= 11 is 4.86. The van der Waals surface area contributed by atoms with Crippen LogP contribution >= 0.6 is 12.2 Å². The summed E-state index contributed by atoms with van der Waals surface area (Å²) in [6.45, 7) is 4.37. The molecule has 0 radical (unpaired) electrons. The highest BCUT2D eigenvalue weighted by Gasteiger charge is 2.18. The maximum atomic E-state index is 11.1. The van der Waals surface area contributed by atoms with E-state index >= 15 is 0 Å². The van der Waals surface area contributed by atoms with Crippen molar-refractivity contribution in [2.75, 3.05) is 6.61 Å². The number of aromatic amines is 2. The Kier molecular flexibility index (Phi) is 4.14. The van der Waals surface area contributed by atoms with Gasteiger partial charge >= 0.3 is 5.69 Å². The minimum absolute atomic E-state index is 0.0922. The predicted octanol–water partition coefficient (Wildman–Crippen LogP) is 3.08. The average molecular weight is 294 g/mol. The molecule has 1 aromatic heterocycles. The lowest BCUT2D eigenvalue weighted by atomic mass is 10.1. The van der Waals surface area contributed by atoms with Crippen LogP contribution in [0, 0.1) is 20.8 Å². The number of aromatic nitrogens is 3. The molecule has 0 spiro atoms. The van der Waals surface area contributed by atoms with Crippen molar-refractivity contribution in [3.63, 3.8) is 0 Å². The molecule has 106 valence electrons. The van der Waals surface area contributed by atoms with Crippen LogP contribution in [0.4, 0.5) is 5.69 Å². The molecule has 8 heteroatoms. The summed E-state index contributed by atoms with van der Waals surface area (Å²) in [4.78, 5) is 14.7. The molecule has 0 saturated heterocycles. The van der Waals surface area contributed by atoms with E-state index in [9.17, 15) is 10.1 Å². The topological polar surface area (TPSA) is 96.8 Å². The van der Waals surface area contributed by atoms with Gasteiger partial charge in [0, 0.05) is 11.6 Å². The molecule has 0 bridgehead atoms. The van der Waals surface area contributed by atoms with Crippen molar-refractivity contribution in [3.05, 3.63) is 33.1 Å². The monoisotopic (exact) mass is 294 g/mol. The molecular formula is C12H14N4O3S. The number of hydrogen-bond acceptors (Lipinski definition) is 5. The van der Waals surface area contributed by atoms with E-state index in [0.29, 0.717) is 22.8 Å². The zero-order valence-corrected chi connectivity index (χ0v) is 11.9. The Morgan fingerprint density at radius 1 is 1.45 bits per heavy atom. The minimum Gasteiger partial charge on any atom is -0.487 e. The lowest BCUT2D eigenvalue weighted by molar-refractivity contribution is -0.385. The Labute approximate surface area is 120 Å². The summed E-state index contributed by atoms with van der Waals surface area (Å²) in [7, 11) is 0. The van der Waals surface area contributed by atoms with E-state index in [0.717, 1.165) is 0 Å². The summed E-state index contributed by atoms with van der Waals surface area (Å²) in [5, 5.41) is 16.5. The van der Waals surface area contributed by atoms with E-state index in [1.165, 1.54) is 6.07 Å². The zero-order valence-electron chi connectivity index (χ0n) is 11.0. The van der Waals surface area contributed by atoms with E-state index in [1.54, 1.807) is 12.1 Å². The Bertz CT molecular complexity index is 677. The number of nitro benzene ring substituents is 1. The molecule has 1 heterocycles. The second kappa shape index (κ2) is 5.83. The quantitative estimate of drug-likeness (QED) is 0.502. The van der Waals surface area contributed by atoms with E-state index in [2.05, 4.69) is 15.2 Å². The number of ether oxygens (including phenoxy) is 1. The summed E-state index contributed by atoms with van der Waals surface area (Å²) < 4.78 is 5.75. The van der Waals surface area contributed by atoms with Crippen LogP contribution in [-0.4, -0.2) is 26.7 Å². The molecule has 0 unspecified atom stereocenters. The van der Waals surface area contributed by atoms with Gasteiger partial charge in [0.1, 0.15) is 0 Å². The van der Waals surface area contributed by atoms with Gasteiger partial charge in [-0.2, -0.15) is 4.98 Å². The number of nitrogens with zero attached hydrogens (tertiary/aromatic N) is 2. The molecule has 7 nitrogen and oxygen atoms in total. The van der Waals surface area contributed by atoms with E-state index in [4.69, 9.17) is 17.0 Å². The van der Waals surface area contributed by atoms with Gasteiger partial charge in [-0.05, 0) is 30.3 Å². The Morgan fingerprint density at radius 2 is 2.20 bits per heavy atom. The predicted molar refractivity (Wildman–Crippen MR) is 76.2 cm³/mol. The normalized spacial score (nSPS) is 10.8. The first kappa shape index (κ1) is 14.2. The molecule has 0 fully saturated rings. The van der Waals surface area contributed by atoms with Crippen molar-refractivity contribution in [1.82, 2.24) is 15.2 Å². The van der Waals surface area contributed by atoms with Gasteiger partial charge in [0.25, 0.3) is 0 Å². The van der Waals surface area contributed by atoms with Crippen LogP contribution < -0.4 is 4.74 Å². The Morgan fingerprint density at radius 3 is 2.75 bits per heavy atom. The van der Waals surface area contributed by atoms with Gasteiger partial charge in [-0.25, -0.2) is 0 Å². The van der Waals surface area contributed by atoms with Crippen LogP contribution in [0.2, 0.25) is 0 Å². The van der Waals surface area contributed by atoms with Crippen molar-refractivity contribution in [1.29, 1.82) is 0 Å². The molecule has 0 aliphatic carbocycles. The summed E-state index contributed by atoms with van der Waals surface area (Å²) in [5.74, 6) is 0.992. The molecule has 0 atom stereocenters. The Balaban J connectivity index is 2.37. The largest absolute Gasteiger partial charge is 0.487 e. The highest BCUT2D eigenvalue weighted by Crippen LogP contribution is 2.31. The minimum atomic E-state index is -0.472. The van der Waals surface area contributed by atoms with Gasteiger partial charge in [-0.3, -0.25) is 20.3 Å². The third-order valence-electron chi connectivity index (χ3n) is 2.50. The van der Waals surface area contributed by atoms with Crippen molar-refractivity contribution in [2.24, 2.45) is 5.92 Å². The van der Waals surface area contributed by atoms with Gasteiger partial charge in [-0.15, -0.1) is 0 Å². The fourth-order valence-corrected chi connectivity index (χ4v) is 1.74. The molecule has 0 aliphatic rings. The summed E-state index contributed by atoms with van der Waals surface area (Å²) in [5.41, 5.74) is 0.478. The van der Waals surface area contributed by atoms with E-state index in [1.807, 2.05) is 13.8 Å². The van der Waals surface area contributed by atoms with Crippen molar-refractivity contribution in [2.45, 2.75) is 13.8 Å². The molecule has 1 aromatic carbocycles. The van der Waals surface area contributed by atoms with Gasteiger partial charge in [0.2, 0.25) is 4.77 Å². The fraction of sp³-hybridized carbons (Fsp3) is 0.333. The summed E-state index contributed by atoms with van der Waals surface area (Å²) in [6, 6.07) is 4.68. The second-order valence-corrected chi connectivity index (χ2v) is 5.05. The molecular weight excluding hydrogens is 280 g/mol. The maximum absolute atomic E-state index is 11.1. The molecule has 0 saturated carbocycles. The lowest BCUT2D eigenvalue weighted by Gasteiger charge is -2.09. The molecule has 2 N–H and O–H groups in total. The van der Waals surface area contributed by atoms with Crippen LogP contribution in [0.3, 0.4) is 0 Å². The fourth-order valence-electron chi connectivity index (χ4n) is 1.59. The highest BCUT2D eigenvalue weighted by atomic mass is 32.1. The number of H-pyrrole nitrogens is 2. The van der Waals surface area contributed by atoms with E-state index < -0.39 is 4.92 Å². The number of hydrogen-bond donors (Lipinski definition) is 2. The van der Waals surface area contributed by atoms with Crippen LogP contribution in [0.25, 0.3) is 11.4 Å². The Hall–Kier alpha value is -2.22. The molecule has 2 rings (SSSR count). The van der Waals surface area contributed by atoms with Crippen LogP contribution in [0.15, 0.2) is 18.2 Å². The second-order valence-electron chi connectivity index (χ2n) is 4.66. The molecule has 20 heavy (non-hydrogen) atoms. The van der Waals surface area contributed by atoms with E-state index in [-0.39, 0.29) is 17.4 Å². The van der Waals surface area contributed by atoms with Crippen LogP contribution in [0.5, 0.6) is 5.75 Å². The van der Waals surface area contributed by atoms with Crippen molar-refractivity contribution >= 4 is 17.9 Å². The molecule has 0 aliphatic heterocycles. The summed E-state index contributed by atoms with van der Waals surface area (Å²) in [6.07, 6.45) is 0. The van der Waals surface area contributed by atoms with Crippen molar-refractivity contribution in [3.8, 4) is 17.1 Å². The zero-order chi connectivity index (χ0) is 14.7. The van der Waals surface area contributed by atoms with Gasteiger partial charge in [0.05, 0.1) is 11.5 Å². The van der Waals surface area contributed by atoms with Gasteiger partial charge in [0.15, 0.2) is 11.6 Å². The van der Waals surface area contributed by atoms with Gasteiger partial charge in [-0.1, -0.05) is 13.8 Å².